The van der Waals surface area contributed by atoms with Gasteiger partial charge in [0.25, 0.3) is 0 Å². The number of benzene rings is 2. The van der Waals surface area contributed by atoms with Gasteiger partial charge in [0.05, 0.1) is 5.69 Å². The van der Waals surface area contributed by atoms with Gasteiger partial charge in [0.1, 0.15) is 15.4 Å². The highest BCUT2D eigenvalue weighted by Crippen LogP contribution is 2.44. The number of nitrogen functional groups attached to an aromatic ring is 1. The molecule has 0 amide bonds. The predicted octanol–water partition coefficient (Wildman–Crippen LogP) is 6.16. The second-order valence-corrected chi connectivity index (χ2v) is 8.54. The van der Waals surface area contributed by atoms with E-state index in [1.54, 1.807) is 12.1 Å². The van der Waals surface area contributed by atoms with Crippen LogP contribution in [0.4, 0.5) is 18.9 Å². The number of carbonyl (C=O) groups is 1. The summed E-state index contributed by atoms with van der Waals surface area (Å²) in [6, 6.07) is 13.0. The molecule has 2 aromatic heterocycles. The fraction of sp³-hybridized carbons (Fsp3) is 0.217. The number of aryl methyl sites for hydroxylation is 1. The number of pyridine rings is 1. The van der Waals surface area contributed by atoms with Gasteiger partial charge in [-0.05, 0) is 53.6 Å². The number of hydrogen-bond donors (Lipinski definition) is 1. The zero-order valence-electron chi connectivity index (χ0n) is 15.8. The molecule has 2 N–H and O–H groups in total. The van der Waals surface area contributed by atoms with Crippen LogP contribution in [0.25, 0.3) is 21.0 Å². The van der Waals surface area contributed by atoms with Crippen molar-refractivity contribution in [3.05, 3.63) is 69.7 Å². The van der Waals surface area contributed by atoms with Crippen LogP contribution in [0.5, 0.6) is 0 Å². The van der Waals surface area contributed by atoms with Gasteiger partial charge in [-0.25, -0.2) is 4.98 Å². The van der Waals surface area contributed by atoms with Crippen molar-refractivity contribution in [2.45, 2.75) is 31.9 Å². The van der Waals surface area contributed by atoms with E-state index in [0.717, 1.165) is 28.5 Å². The molecule has 1 aliphatic rings. The summed E-state index contributed by atoms with van der Waals surface area (Å²) < 4.78 is 40.9. The Hall–Kier alpha value is -2.93. The van der Waals surface area contributed by atoms with Crippen molar-refractivity contribution < 1.29 is 18.0 Å². The Morgan fingerprint density at radius 2 is 1.70 bits per heavy atom. The molecule has 0 unspecified atom stereocenters. The van der Waals surface area contributed by atoms with Gasteiger partial charge in [0.15, 0.2) is 0 Å². The number of thiophene rings is 1. The summed E-state index contributed by atoms with van der Waals surface area (Å²) in [5.74, 6) is -0.292. The third-order valence-corrected chi connectivity index (χ3v) is 6.78. The smallest absolute Gasteiger partial charge is 0.397 e. The minimum absolute atomic E-state index is 0.185. The molecule has 1 aliphatic carbocycles. The summed E-state index contributed by atoms with van der Waals surface area (Å²) >= 11 is 0.950. The van der Waals surface area contributed by atoms with E-state index in [-0.39, 0.29) is 26.7 Å². The van der Waals surface area contributed by atoms with Gasteiger partial charge in [-0.15, -0.1) is 11.3 Å². The van der Waals surface area contributed by atoms with Crippen molar-refractivity contribution in [2.24, 2.45) is 0 Å². The summed E-state index contributed by atoms with van der Waals surface area (Å²) in [4.78, 5) is 17.6. The molecule has 0 atom stereocenters. The second-order valence-electron chi connectivity index (χ2n) is 7.54. The largest absolute Gasteiger partial charge is 0.433 e. The highest BCUT2D eigenvalue weighted by molar-refractivity contribution is 7.21. The molecular formula is C23H17F3N2OS. The number of aromatic nitrogens is 1. The number of carbonyl (C=O) groups excluding carboxylic acids is 1. The fourth-order valence-corrected chi connectivity index (χ4v) is 5.37. The van der Waals surface area contributed by atoms with Gasteiger partial charge in [-0.1, -0.05) is 36.4 Å². The summed E-state index contributed by atoms with van der Waals surface area (Å²) in [5.41, 5.74) is 7.04. The van der Waals surface area contributed by atoms with Crippen LogP contribution < -0.4 is 5.73 Å². The number of fused-ring (bicyclic) bond motifs is 4. The molecule has 0 spiro atoms. The number of nitrogens with two attached hydrogens (primary N) is 1. The molecule has 0 fully saturated rings. The third-order valence-electron chi connectivity index (χ3n) is 5.68. The van der Waals surface area contributed by atoms with Crippen LogP contribution in [0.1, 0.15) is 44.9 Å². The average Bonchev–Trinajstić information content (AvgIpc) is 3.08. The lowest BCUT2D eigenvalue weighted by molar-refractivity contribution is -0.141. The number of hydrogen-bond acceptors (Lipinski definition) is 4. The van der Waals surface area contributed by atoms with E-state index in [4.69, 9.17) is 5.73 Å². The summed E-state index contributed by atoms with van der Waals surface area (Å²) in [7, 11) is 0. The van der Waals surface area contributed by atoms with E-state index in [9.17, 15) is 18.0 Å². The van der Waals surface area contributed by atoms with E-state index in [0.29, 0.717) is 35.8 Å². The van der Waals surface area contributed by atoms with Crippen molar-refractivity contribution in [3.8, 4) is 0 Å². The molecule has 152 valence electrons. The molecule has 2 heterocycles. The van der Waals surface area contributed by atoms with Crippen LogP contribution in [0, 0.1) is 0 Å². The van der Waals surface area contributed by atoms with Gasteiger partial charge in [-0.2, -0.15) is 13.2 Å². The van der Waals surface area contributed by atoms with Crippen LogP contribution in [0.2, 0.25) is 0 Å². The van der Waals surface area contributed by atoms with E-state index < -0.39 is 11.9 Å². The Labute approximate surface area is 174 Å². The number of alkyl halides is 3. The summed E-state index contributed by atoms with van der Waals surface area (Å²) in [6.45, 7) is 0. The van der Waals surface area contributed by atoms with Gasteiger partial charge in [0, 0.05) is 10.9 Å². The molecule has 4 aromatic rings. The normalized spacial score (nSPS) is 14.2. The zero-order valence-corrected chi connectivity index (χ0v) is 16.7. The highest BCUT2D eigenvalue weighted by Gasteiger charge is 2.38. The number of halogens is 3. The molecule has 7 heteroatoms. The fourth-order valence-electron chi connectivity index (χ4n) is 4.28. The van der Waals surface area contributed by atoms with Gasteiger partial charge in [0.2, 0.25) is 5.78 Å². The van der Waals surface area contributed by atoms with Crippen molar-refractivity contribution in [1.82, 2.24) is 4.98 Å². The summed E-state index contributed by atoms with van der Waals surface area (Å²) in [5, 5.41) is 2.44. The van der Waals surface area contributed by atoms with Crippen molar-refractivity contribution in [3.63, 3.8) is 0 Å². The molecule has 2 aromatic carbocycles. The predicted molar refractivity (Wildman–Crippen MR) is 113 cm³/mol. The molecule has 30 heavy (non-hydrogen) atoms. The van der Waals surface area contributed by atoms with Gasteiger partial charge >= 0.3 is 6.18 Å². The second kappa shape index (κ2) is 6.80. The van der Waals surface area contributed by atoms with Crippen LogP contribution in [0.3, 0.4) is 0 Å². The average molecular weight is 426 g/mol. The highest BCUT2D eigenvalue weighted by atomic mass is 32.1. The first kappa shape index (κ1) is 19.1. The molecule has 0 saturated heterocycles. The first-order valence-electron chi connectivity index (χ1n) is 9.69. The Bertz CT molecular complexity index is 1320. The van der Waals surface area contributed by atoms with E-state index >= 15 is 0 Å². The third kappa shape index (κ3) is 2.96. The van der Waals surface area contributed by atoms with Crippen molar-refractivity contribution in [2.75, 3.05) is 5.73 Å². The van der Waals surface area contributed by atoms with E-state index in [2.05, 4.69) is 4.98 Å². The maximum atomic E-state index is 13.6. The standard InChI is InChI=1S/C23H17F3N2OS/c24-23(25,26)21-16-8-4-3-7-15(16)17-18(27)20(30-22(17)28-21)19(29)14-10-9-12-5-1-2-6-13(12)11-14/h1-2,5-6,9-11H,3-4,7-8,27H2. The van der Waals surface area contributed by atoms with Crippen LogP contribution in [0.15, 0.2) is 42.5 Å². The van der Waals surface area contributed by atoms with E-state index in [1.165, 1.54) is 0 Å². The first-order valence-corrected chi connectivity index (χ1v) is 10.5. The number of ketones is 1. The Morgan fingerprint density at radius 1 is 1.00 bits per heavy atom. The minimum atomic E-state index is -4.53. The lowest BCUT2D eigenvalue weighted by atomic mass is 9.88. The lowest BCUT2D eigenvalue weighted by Gasteiger charge is -2.21. The SMILES string of the molecule is Nc1c(C(=O)c2ccc3ccccc3c2)sc2nc(C(F)(F)F)c3c(c12)CCCC3. The van der Waals surface area contributed by atoms with Crippen molar-refractivity contribution >= 4 is 43.8 Å². The summed E-state index contributed by atoms with van der Waals surface area (Å²) in [6.07, 6.45) is -2.20. The molecule has 0 saturated carbocycles. The number of anilines is 1. The van der Waals surface area contributed by atoms with Crippen LogP contribution in [-0.2, 0) is 19.0 Å². The van der Waals surface area contributed by atoms with Crippen molar-refractivity contribution in [1.29, 1.82) is 0 Å². The van der Waals surface area contributed by atoms with Gasteiger partial charge in [-0.3, -0.25) is 4.79 Å². The van der Waals surface area contributed by atoms with E-state index in [1.807, 2.05) is 30.3 Å². The molecular weight excluding hydrogens is 409 g/mol. The quantitative estimate of drug-likeness (QED) is 0.391. The molecule has 0 radical (unpaired) electrons. The zero-order chi connectivity index (χ0) is 21.0. The topological polar surface area (TPSA) is 56.0 Å². The number of nitrogens with zero attached hydrogens (tertiary/aromatic N) is 1. The maximum Gasteiger partial charge on any atom is 0.433 e. The Balaban J connectivity index is 1.70. The monoisotopic (exact) mass is 426 g/mol. The molecule has 0 bridgehead atoms. The van der Waals surface area contributed by atoms with Crippen LogP contribution >= 0.6 is 11.3 Å². The van der Waals surface area contributed by atoms with Crippen LogP contribution in [-0.4, -0.2) is 10.8 Å². The van der Waals surface area contributed by atoms with Gasteiger partial charge < -0.3 is 5.73 Å². The Morgan fingerprint density at radius 3 is 2.43 bits per heavy atom. The molecule has 3 nitrogen and oxygen atoms in total. The lowest BCUT2D eigenvalue weighted by Crippen LogP contribution is -2.17. The molecule has 5 rings (SSSR count). The molecule has 0 aliphatic heterocycles. The number of rotatable bonds is 2. The minimum Gasteiger partial charge on any atom is -0.397 e. The first-order chi connectivity index (χ1) is 14.3. The Kier molecular flexibility index (Phi) is 4.32. The maximum absolute atomic E-state index is 13.6.